The Hall–Kier alpha value is -4.46. The summed E-state index contributed by atoms with van der Waals surface area (Å²) in [7, 11) is -3.18. The van der Waals surface area contributed by atoms with E-state index in [2.05, 4.69) is 15.4 Å². The van der Waals surface area contributed by atoms with Gasteiger partial charge in [0.2, 0.25) is 0 Å². The predicted octanol–water partition coefficient (Wildman–Crippen LogP) is 4.88. The average Bonchev–Trinajstić information content (AvgIpc) is 3.40. The van der Waals surface area contributed by atoms with Gasteiger partial charge in [-0.3, -0.25) is 14.3 Å². The molecule has 10 nitrogen and oxygen atoms in total. The van der Waals surface area contributed by atoms with Crippen molar-refractivity contribution >= 4 is 32.6 Å². The van der Waals surface area contributed by atoms with E-state index in [1.807, 2.05) is 17.8 Å². The molecule has 2 amide bonds. The Morgan fingerprint density at radius 1 is 1.02 bits per heavy atom. The number of likely N-dealkylation sites (tertiary alicyclic amines) is 1. The maximum Gasteiger partial charge on any atom is 0.433 e. The molecule has 1 fully saturated rings. The van der Waals surface area contributed by atoms with E-state index in [0.717, 1.165) is 47.8 Å². The van der Waals surface area contributed by atoms with E-state index in [4.69, 9.17) is 4.74 Å². The number of carbonyl (C=O) groups is 2. The monoisotopic (exact) mass is 643 g/mol. The molecule has 0 saturated carbocycles. The molecular formula is C31H32F3N5O5S. The molecule has 4 aromatic rings. The SMILES string of the molecule is Cc1c(C(=O)NCCS(C)(=O)=O)ccc2nn(CC3CCN(C(=O)c4ccc(Oc5ccc(C(F)(F)F)nc5)cc4)CC3)cc12. The summed E-state index contributed by atoms with van der Waals surface area (Å²) in [6, 6.07) is 11.9. The number of aromatic nitrogens is 3. The van der Waals surface area contributed by atoms with Gasteiger partial charge < -0.3 is 15.0 Å². The van der Waals surface area contributed by atoms with E-state index in [9.17, 15) is 31.2 Å². The smallest absolute Gasteiger partial charge is 0.433 e. The van der Waals surface area contributed by atoms with Crippen molar-refractivity contribution in [2.75, 3.05) is 31.6 Å². The van der Waals surface area contributed by atoms with Crippen molar-refractivity contribution in [3.05, 3.63) is 83.3 Å². The van der Waals surface area contributed by atoms with Crippen LogP contribution < -0.4 is 10.1 Å². The lowest BCUT2D eigenvalue weighted by molar-refractivity contribution is -0.141. The molecule has 0 radical (unpaired) electrons. The summed E-state index contributed by atoms with van der Waals surface area (Å²) in [5.74, 6) is 0.248. The predicted molar refractivity (Wildman–Crippen MR) is 161 cm³/mol. The fourth-order valence-electron chi connectivity index (χ4n) is 5.24. The Bertz CT molecular complexity index is 1800. The van der Waals surface area contributed by atoms with E-state index in [1.165, 1.54) is 6.07 Å². The molecule has 0 unspecified atom stereocenters. The lowest BCUT2D eigenvalue weighted by Gasteiger charge is -2.32. The quantitative estimate of drug-likeness (QED) is 0.276. The molecular weight excluding hydrogens is 611 g/mol. The van der Waals surface area contributed by atoms with E-state index in [0.29, 0.717) is 42.4 Å². The zero-order valence-electron chi connectivity index (χ0n) is 24.7. The van der Waals surface area contributed by atoms with Gasteiger partial charge in [-0.05, 0) is 79.8 Å². The zero-order chi connectivity index (χ0) is 32.4. The summed E-state index contributed by atoms with van der Waals surface area (Å²) in [5, 5.41) is 8.18. The van der Waals surface area contributed by atoms with Crippen LogP contribution in [0, 0.1) is 12.8 Å². The summed E-state index contributed by atoms with van der Waals surface area (Å²) in [4.78, 5) is 30.9. The molecule has 0 spiro atoms. The number of nitrogens with zero attached hydrogens (tertiary/aromatic N) is 4. The topological polar surface area (TPSA) is 123 Å². The van der Waals surface area contributed by atoms with Crippen LogP contribution in [0.1, 0.15) is 44.8 Å². The third-order valence-corrected chi connectivity index (χ3v) is 8.67. The second-order valence-corrected chi connectivity index (χ2v) is 13.4. The Labute approximate surface area is 258 Å². The molecule has 45 heavy (non-hydrogen) atoms. The number of aryl methyl sites for hydroxylation is 1. The van der Waals surface area contributed by atoms with Crippen LogP contribution in [0.2, 0.25) is 0 Å². The van der Waals surface area contributed by atoms with Crippen LogP contribution in [0.25, 0.3) is 10.9 Å². The van der Waals surface area contributed by atoms with Gasteiger partial charge in [-0.2, -0.15) is 18.3 Å². The number of fused-ring (bicyclic) bond motifs is 1. The maximum absolute atomic E-state index is 13.1. The van der Waals surface area contributed by atoms with Crippen molar-refractivity contribution in [2.24, 2.45) is 5.92 Å². The number of hydrogen-bond acceptors (Lipinski definition) is 7. The number of pyridine rings is 1. The van der Waals surface area contributed by atoms with Gasteiger partial charge in [0.05, 0.1) is 17.5 Å². The van der Waals surface area contributed by atoms with Gasteiger partial charge in [-0.15, -0.1) is 0 Å². The molecule has 0 bridgehead atoms. The van der Waals surface area contributed by atoms with Gasteiger partial charge in [0.1, 0.15) is 27.0 Å². The van der Waals surface area contributed by atoms with E-state index in [-0.39, 0.29) is 29.9 Å². The molecule has 1 saturated heterocycles. The number of hydrogen-bond donors (Lipinski definition) is 1. The highest BCUT2D eigenvalue weighted by Gasteiger charge is 2.32. The third-order valence-electron chi connectivity index (χ3n) is 7.72. The standard InChI is InChI=1S/C31H32F3N5O5S/c1-20-25(29(40)35-13-16-45(2,42)43)8-9-27-26(20)19-39(37-27)18-21-11-14-38(15-12-21)30(41)22-3-5-23(6-4-22)44-24-7-10-28(36-17-24)31(32,33)34/h3-10,17,19,21H,11-16,18H2,1-2H3,(H,35,40). The summed E-state index contributed by atoms with van der Waals surface area (Å²) < 4.78 is 68.3. The van der Waals surface area contributed by atoms with Crippen LogP contribution in [0.4, 0.5) is 13.2 Å². The van der Waals surface area contributed by atoms with E-state index in [1.54, 1.807) is 41.3 Å². The number of amides is 2. The highest BCUT2D eigenvalue weighted by molar-refractivity contribution is 7.90. The Balaban J connectivity index is 1.13. The highest BCUT2D eigenvalue weighted by Crippen LogP contribution is 2.30. The van der Waals surface area contributed by atoms with Crippen molar-refractivity contribution in [3.8, 4) is 11.5 Å². The second kappa shape index (κ2) is 12.9. The number of benzene rings is 2. The number of piperidine rings is 1. The van der Waals surface area contributed by atoms with E-state index < -0.39 is 21.7 Å². The number of alkyl halides is 3. The van der Waals surface area contributed by atoms with Crippen molar-refractivity contribution < 1.29 is 35.9 Å². The Morgan fingerprint density at radius 2 is 1.71 bits per heavy atom. The third kappa shape index (κ3) is 7.98. The lowest BCUT2D eigenvalue weighted by atomic mass is 9.96. The van der Waals surface area contributed by atoms with Gasteiger partial charge in [-0.25, -0.2) is 13.4 Å². The molecule has 2 aromatic heterocycles. The van der Waals surface area contributed by atoms with Crippen LogP contribution in [-0.2, 0) is 22.6 Å². The summed E-state index contributed by atoms with van der Waals surface area (Å²) >= 11 is 0. The minimum atomic E-state index is -4.53. The molecule has 2 aromatic carbocycles. The minimum Gasteiger partial charge on any atom is -0.456 e. The van der Waals surface area contributed by atoms with Gasteiger partial charge in [0, 0.05) is 55.1 Å². The first-order valence-corrected chi connectivity index (χ1v) is 16.4. The molecule has 1 aliphatic rings. The lowest BCUT2D eigenvalue weighted by Crippen LogP contribution is -2.39. The minimum absolute atomic E-state index is 0.0408. The normalized spacial score (nSPS) is 14.5. The Kier molecular flexibility index (Phi) is 9.14. The molecule has 0 atom stereocenters. The average molecular weight is 644 g/mol. The second-order valence-electron chi connectivity index (χ2n) is 11.1. The maximum atomic E-state index is 13.1. The van der Waals surface area contributed by atoms with Gasteiger partial charge in [-0.1, -0.05) is 0 Å². The molecule has 1 N–H and O–H groups in total. The number of halogens is 3. The fourth-order valence-corrected chi connectivity index (χ4v) is 5.71. The van der Waals surface area contributed by atoms with Crippen molar-refractivity contribution in [3.63, 3.8) is 0 Å². The van der Waals surface area contributed by atoms with E-state index >= 15 is 0 Å². The molecule has 238 valence electrons. The van der Waals surface area contributed by atoms with Crippen molar-refractivity contribution in [2.45, 2.75) is 32.5 Å². The van der Waals surface area contributed by atoms with Crippen molar-refractivity contribution in [1.29, 1.82) is 0 Å². The van der Waals surface area contributed by atoms with Crippen LogP contribution in [0.5, 0.6) is 11.5 Å². The number of sulfone groups is 1. The first-order valence-electron chi connectivity index (χ1n) is 14.3. The number of nitrogens with one attached hydrogen (secondary N) is 1. The summed E-state index contributed by atoms with van der Waals surface area (Å²) in [6.45, 7) is 3.71. The van der Waals surface area contributed by atoms with Crippen molar-refractivity contribution in [1.82, 2.24) is 25.0 Å². The molecule has 1 aliphatic heterocycles. The summed E-state index contributed by atoms with van der Waals surface area (Å²) in [6.07, 6.45) is 1.09. The summed E-state index contributed by atoms with van der Waals surface area (Å²) in [5.41, 5.74) is 1.47. The Morgan fingerprint density at radius 3 is 2.33 bits per heavy atom. The first kappa shape index (κ1) is 31.9. The van der Waals surface area contributed by atoms with Gasteiger partial charge >= 0.3 is 6.18 Å². The van der Waals surface area contributed by atoms with Gasteiger partial charge in [0.15, 0.2) is 0 Å². The number of carbonyl (C=O) groups excluding carboxylic acids is 2. The first-order chi connectivity index (χ1) is 21.3. The van der Waals surface area contributed by atoms with Crippen LogP contribution in [0.15, 0.2) is 60.9 Å². The molecule has 5 rings (SSSR count). The zero-order valence-corrected chi connectivity index (χ0v) is 25.5. The van der Waals surface area contributed by atoms with Crippen LogP contribution in [0.3, 0.4) is 0 Å². The number of rotatable bonds is 9. The molecule has 3 heterocycles. The largest absolute Gasteiger partial charge is 0.456 e. The van der Waals surface area contributed by atoms with Crippen LogP contribution >= 0.6 is 0 Å². The highest BCUT2D eigenvalue weighted by atomic mass is 32.2. The fraction of sp³-hybridized carbons (Fsp3) is 0.355. The number of ether oxygens (including phenoxy) is 1. The van der Waals surface area contributed by atoms with Crippen LogP contribution in [-0.4, -0.2) is 71.5 Å². The molecule has 14 heteroatoms. The molecule has 0 aliphatic carbocycles. The van der Waals surface area contributed by atoms with Gasteiger partial charge in [0.25, 0.3) is 11.8 Å².